The zero-order chi connectivity index (χ0) is 22.2. The van der Waals surface area contributed by atoms with Gasteiger partial charge in [0.25, 0.3) is 5.91 Å². The molecule has 160 valence electrons. The van der Waals surface area contributed by atoms with Crippen LogP contribution in [0.3, 0.4) is 0 Å². The smallest absolute Gasteiger partial charge is 0.339 e. The molecule has 2 aromatic carbocycles. The van der Waals surface area contributed by atoms with Gasteiger partial charge in [-0.2, -0.15) is 0 Å². The van der Waals surface area contributed by atoms with E-state index in [2.05, 4.69) is 26.1 Å². The SMILES string of the molecule is COC(=O)c1ccccc1NC(=O)NCc1nnc(C(=O)Nc2ccc(OC)cc2)s1. The molecule has 10 nitrogen and oxygen atoms in total. The van der Waals surface area contributed by atoms with Crippen molar-refractivity contribution in [2.24, 2.45) is 0 Å². The third-order valence-corrected chi connectivity index (χ3v) is 4.91. The van der Waals surface area contributed by atoms with E-state index in [1.165, 1.54) is 7.11 Å². The van der Waals surface area contributed by atoms with E-state index in [-0.39, 0.29) is 17.1 Å². The lowest BCUT2D eigenvalue weighted by Crippen LogP contribution is -2.29. The van der Waals surface area contributed by atoms with Gasteiger partial charge in [0.05, 0.1) is 32.0 Å². The molecule has 0 spiro atoms. The standard InChI is InChI=1S/C20H19N5O5S/c1-29-13-9-7-12(8-10-13)22-17(26)18-25-24-16(31-18)11-21-20(28)23-15-6-4-3-5-14(15)19(27)30-2/h3-10H,11H2,1-2H3,(H,22,26)(H2,21,23,28). The third-order valence-electron chi connectivity index (χ3n) is 3.99. The molecule has 0 bridgehead atoms. The van der Waals surface area contributed by atoms with Crippen molar-refractivity contribution in [3.8, 4) is 5.75 Å². The van der Waals surface area contributed by atoms with Crippen molar-refractivity contribution in [1.29, 1.82) is 0 Å². The zero-order valence-corrected chi connectivity index (χ0v) is 17.5. The number of aromatic nitrogens is 2. The van der Waals surface area contributed by atoms with Gasteiger partial charge in [-0.05, 0) is 36.4 Å². The molecule has 0 fully saturated rings. The second-order valence-electron chi connectivity index (χ2n) is 6.03. The van der Waals surface area contributed by atoms with E-state index in [0.29, 0.717) is 22.1 Å². The molecule has 0 aliphatic rings. The van der Waals surface area contributed by atoms with E-state index >= 15 is 0 Å². The first-order valence-electron chi connectivity index (χ1n) is 9.00. The number of nitrogens with zero attached hydrogens (tertiary/aromatic N) is 2. The average Bonchev–Trinajstić information content (AvgIpc) is 3.27. The summed E-state index contributed by atoms with van der Waals surface area (Å²) in [5, 5.41) is 16.3. The fourth-order valence-corrected chi connectivity index (χ4v) is 3.15. The molecular weight excluding hydrogens is 422 g/mol. The lowest BCUT2D eigenvalue weighted by Gasteiger charge is -2.09. The number of methoxy groups -OCH3 is 2. The number of nitrogens with one attached hydrogen (secondary N) is 3. The quantitative estimate of drug-likeness (QED) is 0.480. The van der Waals surface area contributed by atoms with Crippen molar-refractivity contribution in [2.75, 3.05) is 24.9 Å². The molecule has 3 rings (SSSR count). The Bertz CT molecular complexity index is 1080. The molecule has 0 saturated heterocycles. The highest BCUT2D eigenvalue weighted by Gasteiger charge is 2.15. The van der Waals surface area contributed by atoms with Crippen LogP contribution in [0.15, 0.2) is 48.5 Å². The summed E-state index contributed by atoms with van der Waals surface area (Å²) in [6.07, 6.45) is 0. The van der Waals surface area contributed by atoms with Crippen LogP contribution < -0.4 is 20.7 Å². The van der Waals surface area contributed by atoms with Gasteiger partial charge >= 0.3 is 12.0 Å². The van der Waals surface area contributed by atoms with Crippen LogP contribution in [0.2, 0.25) is 0 Å². The first kappa shape index (κ1) is 21.7. The van der Waals surface area contributed by atoms with Crippen LogP contribution in [0.25, 0.3) is 0 Å². The van der Waals surface area contributed by atoms with Gasteiger partial charge in [-0.25, -0.2) is 9.59 Å². The number of rotatable bonds is 7. The molecule has 0 aliphatic heterocycles. The van der Waals surface area contributed by atoms with Gasteiger partial charge in [-0.1, -0.05) is 23.5 Å². The molecule has 0 unspecified atom stereocenters. The molecule has 1 aromatic heterocycles. The number of amides is 3. The van der Waals surface area contributed by atoms with Crippen LogP contribution in [0.1, 0.15) is 25.2 Å². The van der Waals surface area contributed by atoms with Crippen LogP contribution in [0.4, 0.5) is 16.2 Å². The minimum Gasteiger partial charge on any atom is -0.497 e. The van der Waals surface area contributed by atoms with Gasteiger partial charge in [0, 0.05) is 5.69 Å². The normalized spacial score (nSPS) is 10.1. The van der Waals surface area contributed by atoms with E-state index < -0.39 is 17.9 Å². The molecule has 3 N–H and O–H groups in total. The fraction of sp³-hybridized carbons (Fsp3) is 0.150. The van der Waals surface area contributed by atoms with E-state index in [1.54, 1.807) is 55.6 Å². The van der Waals surface area contributed by atoms with Crippen molar-refractivity contribution in [2.45, 2.75) is 6.54 Å². The lowest BCUT2D eigenvalue weighted by atomic mass is 10.2. The first-order valence-corrected chi connectivity index (χ1v) is 9.81. The molecule has 0 saturated carbocycles. The van der Waals surface area contributed by atoms with E-state index in [9.17, 15) is 14.4 Å². The van der Waals surface area contributed by atoms with Crippen molar-refractivity contribution in [3.05, 3.63) is 64.1 Å². The first-order chi connectivity index (χ1) is 15.0. The maximum absolute atomic E-state index is 12.3. The zero-order valence-electron chi connectivity index (χ0n) is 16.7. The second-order valence-corrected chi connectivity index (χ2v) is 7.09. The Labute approximate surface area is 181 Å². The van der Waals surface area contributed by atoms with Gasteiger partial charge in [-0.3, -0.25) is 4.79 Å². The highest BCUT2D eigenvalue weighted by atomic mass is 32.1. The summed E-state index contributed by atoms with van der Waals surface area (Å²) < 4.78 is 9.77. The monoisotopic (exact) mass is 441 g/mol. The predicted octanol–water partition coefficient (Wildman–Crippen LogP) is 2.91. The average molecular weight is 441 g/mol. The van der Waals surface area contributed by atoms with Crippen LogP contribution >= 0.6 is 11.3 Å². The van der Waals surface area contributed by atoms with Crippen molar-refractivity contribution >= 4 is 40.6 Å². The van der Waals surface area contributed by atoms with Gasteiger partial charge in [0.2, 0.25) is 5.01 Å². The summed E-state index contributed by atoms with van der Waals surface area (Å²) >= 11 is 1.05. The van der Waals surface area contributed by atoms with Crippen LogP contribution in [0, 0.1) is 0 Å². The van der Waals surface area contributed by atoms with E-state index in [0.717, 1.165) is 11.3 Å². The summed E-state index contributed by atoms with van der Waals surface area (Å²) in [5.74, 6) is -0.298. The number of benzene rings is 2. The van der Waals surface area contributed by atoms with Crippen LogP contribution in [-0.4, -0.2) is 42.3 Å². The Balaban J connectivity index is 1.54. The number of anilines is 2. The molecular formula is C20H19N5O5S. The van der Waals surface area contributed by atoms with E-state index in [1.807, 2.05) is 0 Å². The summed E-state index contributed by atoms with van der Waals surface area (Å²) in [6, 6.07) is 12.8. The summed E-state index contributed by atoms with van der Waals surface area (Å²) in [6.45, 7) is 0.0553. The number of hydrogen-bond acceptors (Lipinski definition) is 8. The Morgan fingerprint density at radius 1 is 0.968 bits per heavy atom. The highest BCUT2D eigenvalue weighted by molar-refractivity contribution is 7.13. The Kier molecular flexibility index (Phi) is 7.12. The van der Waals surface area contributed by atoms with Crippen molar-refractivity contribution in [1.82, 2.24) is 15.5 Å². The minimum atomic E-state index is -0.562. The number of ether oxygens (including phenoxy) is 2. The molecule has 0 radical (unpaired) electrons. The minimum absolute atomic E-state index is 0.0553. The topological polar surface area (TPSA) is 132 Å². The maximum atomic E-state index is 12.3. The van der Waals surface area contributed by atoms with Gasteiger partial charge < -0.3 is 25.4 Å². The molecule has 0 aliphatic carbocycles. The largest absolute Gasteiger partial charge is 0.497 e. The predicted molar refractivity (Wildman–Crippen MR) is 114 cm³/mol. The summed E-state index contributed by atoms with van der Waals surface area (Å²) in [5.41, 5.74) is 1.13. The number of esters is 1. The third kappa shape index (κ3) is 5.76. The van der Waals surface area contributed by atoms with Crippen molar-refractivity contribution < 1.29 is 23.9 Å². The van der Waals surface area contributed by atoms with Gasteiger partial charge in [0.1, 0.15) is 10.8 Å². The summed E-state index contributed by atoms with van der Waals surface area (Å²) in [7, 11) is 2.82. The molecule has 0 atom stereocenters. The number of carbonyl (C=O) groups is 3. The Morgan fingerprint density at radius 2 is 1.71 bits per heavy atom. The maximum Gasteiger partial charge on any atom is 0.339 e. The highest BCUT2D eigenvalue weighted by Crippen LogP contribution is 2.18. The number of para-hydroxylation sites is 1. The Hall–Kier alpha value is -3.99. The van der Waals surface area contributed by atoms with E-state index in [4.69, 9.17) is 9.47 Å². The molecule has 3 amide bonds. The van der Waals surface area contributed by atoms with Crippen molar-refractivity contribution in [3.63, 3.8) is 0 Å². The molecule has 3 aromatic rings. The second kappa shape index (κ2) is 10.2. The van der Waals surface area contributed by atoms with Crippen LogP contribution in [-0.2, 0) is 11.3 Å². The lowest BCUT2D eigenvalue weighted by molar-refractivity contribution is 0.0601. The molecule has 11 heteroatoms. The molecule has 1 heterocycles. The number of urea groups is 1. The number of hydrogen-bond donors (Lipinski definition) is 3. The van der Waals surface area contributed by atoms with Crippen LogP contribution in [0.5, 0.6) is 5.75 Å². The number of carbonyl (C=O) groups excluding carboxylic acids is 3. The Morgan fingerprint density at radius 3 is 2.42 bits per heavy atom. The van der Waals surface area contributed by atoms with Gasteiger partial charge in [0.15, 0.2) is 0 Å². The summed E-state index contributed by atoms with van der Waals surface area (Å²) in [4.78, 5) is 36.3. The fourth-order valence-electron chi connectivity index (χ4n) is 2.48. The van der Waals surface area contributed by atoms with Gasteiger partial charge in [-0.15, -0.1) is 10.2 Å². The molecule has 31 heavy (non-hydrogen) atoms.